The van der Waals surface area contributed by atoms with Gasteiger partial charge in [-0.15, -0.1) is 0 Å². The van der Waals surface area contributed by atoms with Crippen molar-refractivity contribution in [3.05, 3.63) is 60.2 Å². The molecule has 3 N–H and O–H groups in total. The van der Waals surface area contributed by atoms with E-state index < -0.39 is 11.9 Å². The predicted molar refractivity (Wildman–Crippen MR) is 126 cm³/mol. The van der Waals surface area contributed by atoms with Gasteiger partial charge in [0.05, 0.1) is 29.7 Å². The number of aliphatic hydroxyl groups is 1. The molecule has 0 spiro atoms. The number of piperazine rings is 1. The zero-order valence-corrected chi connectivity index (χ0v) is 18.3. The van der Waals surface area contributed by atoms with Gasteiger partial charge in [-0.25, -0.2) is 15.0 Å². The lowest BCUT2D eigenvalue weighted by molar-refractivity contribution is -0.140. The van der Waals surface area contributed by atoms with Crippen molar-refractivity contribution in [2.45, 2.75) is 12.2 Å². The largest absolute Gasteiger partial charge is 0.431 e. The van der Waals surface area contributed by atoms with Crippen molar-refractivity contribution in [1.29, 1.82) is 0 Å². The molecule has 1 atom stereocenters. The van der Waals surface area contributed by atoms with E-state index in [0.717, 1.165) is 22.6 Å². The minimum absolute atomic E-state index is 0.0803. The monoisotopic (exact) mass is 479 g/mol. The van der Waals surface area contributed by atoms with E-state index in [4.69, 9.17) is 9.97 Å². The molecule has 1 saturated heterocycles. The van der Waals surface area contributed by atoms with Gasteiger partial charge in [0.2, 0.25) is 0 Å². The summed E-state index contributed by atoms with van der Waals surface area (Å²) in [5.74, 6) is 0.876. The first-order chi connectivity index (χ1) is 16.9. The maximum Gasteiger partial charge on any atom is 0.431 e. The number of allylic oxidation sites excluding steroid dienone is 4. The summed E-state index contributed by atoms with van der Waals surface area (Å²) in [4.78, 5) is 22.4. The topological polar surface area (TPSA) is 103 Å². The van der Waals surface area contributed by atoms with Crippen molar-refractivity contribution in [2.75, 3.05) is 31.1 Å². The number of hydrogen-bond acceptors (Lipinski definition) is 7. The molecule has 6 rings (SSSR count). The van der Waals surface area contributed by atoms with Crippen LogP contribution in [-0.2, 0) is 6.18 Å². The van der Waals surface area contributed by atoms with Gasteiger partial charge >= 0.3 is 6.18 Å². The van der Waals surface area contributed by atoms with Crippen LogP contribution in [0.25, 0.3) is 38.9 Å². The lowest BCUT2D eigenvalue weighted by Gasteiger charge is -2.37. The average molecular weight is 479 g/mol. The molecule has 4 aromatic rings. The fourth-order valence-corrected chi connectivity index (χ4v) is 4.56. The number of aromatic amines is 1. The molecular weight excluding hydrogens is 459 g/mol. The standard InChI is InChI=1S/C24H20F3N7O/c25-24(26,27)19-8-16-15(4-5-30-21(16)32-19)22-31-18-11-29-10-17(13-2-1-3-13)20(18)23(33-22)34-7-6-28-9-14(34)12-35/h1-5,8,10-11,14,28,35H,6-7,9,12H2,(H,30,32)/t14-/m1/s1. The van der Waals surface area contributed by atoms with E-state index in [9.17, 15) is 18.3 Å². The van der Waals surface area contributed by atoms with Crippen LogP contribution in [0.4, 0.5) is 19.0 Å². The van der Waals surface area contributed by atoms with Gasteiger partial charge in [0.25, 0.3) is 0 Å². The van der Waals surface area contributed by atoms with Crippen LogP contribution in [0.5, 0.6) is 0 Å². The molecular formula is C24H20F3N7O. The Morgan fingerprint density at radius 1 is 1.17 bits per heavy atom. The van der Waals surface area contributed by atoms with Gasteiger partial charge < -0.3 is 20.3 Å². The number of aliphatic hydroxyl groups excluding tert-OH is 1. The van der Waals surface area contributed by atoms with Crippen LogP contribution in [0.1, 0.15) is 11.3 Å². The number of rotatable bonds is 4. The Balaban J connectivity index is 1.61. The molecule has 2 aliphatic rings. The third kappa shape index (κ3) is 3.63. The van der Waals surface area contributed by atoms with Crippen molar-refractivity contribution in [2.24, 2.45) is 0 Å². The van der Waals surface area contributed by atoms with E-state index >= 15 is 0 Å². The predicted octanol–water partition coefficient (Wildman–Crippen LogP) is 3.31. The number of anilines is 1. The highest BCUT2D eigenvalue weighted by molar-refractivity contribution is 6.03. The first kappa shape index (κ1) is 21.7. The van der Waals surface area contributed by atoms with Crippen LogP contribution in [0, 0.1) is 0 Å². The highest BCUT2D eigenvalue weighted by Crippen LogP contribution is 2.38. The SMILES string of the molecule is OC[C@H]1CNCCN1c1nc(-c2ccnc3[nH]c(C(F)(F)F)cc23)nc2cncc(C3=CC=C3)c12. The molecule has 0 saturated carbocycles. The number of aromatic nitrogens is 5. The van der Waals surface area contributed by atoms with Crippen molar-refractivity contribution in [3.8, 4) is 11.4 Å². The molecule has 11 heteroatoms. The number of nitrogens with zero attached hydrogens (tertiary/aromatic N) is 5. The summed E-state index contributed by atoms with van der Waals surface area (Å²) in [5, 5.41) is 14.4. The maximum atomic E-state index is 13.4. The smallest absolute Gasteiger partial charge is 0.394 e. The zero-order valence-electron chi connectivity index (χ0n) is 18.3. The number of alkyl halides is 3. The first-order valence-electron chi connectivity index (χ1n) is 11.1. The molecule has 35 heavy (non-hydrogen) atoms. The second kappa shape index (κ2) is 8.14. The summed E-state index contributed by atoms with van der Waals surface area (Å²) < 4.78 is 40.1. The van der Waals surface area contributed by atoms with Crippen molar-refractivity contribution >= 4 is 33.3 Å². The van der Waals surface area contributed by atoms with Crippen molar-refractivity contribution < 1.29 is 18.3 Å². The molecule has 5 heterocycles. The van der Waals surface area contributed by atoms with Crippen LogP contribution in [0.2, 0.25) is 0 Å². The zero-order chi connectivity index (χ0) is 24.2. The van der Waals surface area contributed by atoms with Gasteiger partial charge in [0, 0.05) is 48.5 Å². The van der Waals surface area contributed by atoms with Crippen LogP contribution in [-0.4, -0.2) is 62.3 Å². The third-order valence-electron chi connectivity index (χ3n) is 6.36. The van der Waals surface area contributed by atoms with E-state index in [1.165, 1.54) is 6.20 Å². The molecule has 8 nitrogen and oxygen atoms in total. The molecule has 0 amide bonds. The molecule has 0 aromatic carbocycles. The van der Waals surface area contributed by atoms with E-state index in [2.05, 4.69) is 20.3 Å². The fraction of sp³-hybridized carbons (Fsp3) is 0.250. The highest BCUT2D eigenvalue weighted by Gasteiger charge is 2.33. The van der Waals surface area contributed by atoms with E-state index in [-0.39, 0.29) is 29.5 Å². The molecule has 178 valence electrons. The van der Waals surface area contributed by atoms with Crippen LogP contribution in [0.15, 0.2) is 49.0 Å². The van der Waals surface area contributed by atoms with E-state index in [1.807, 2.05) is 23.1 Å². The minimum atomic E-state index is -4.54. The Labute approximate surface area is 197 Å². The molecule has 0 radical (unpaired) electrons. The van der Waals surface area contributed by atoms with Gasteiger partial charge in [-0.3, -0.25) is 4.98 Å². The molecule has 0 bridgehead atoms. The average Bonchev–Trinajstić information content (AvgIpc) is 3.28. The second-order valence-electron chi connectivity index (χ2n) is 8.47. The van der Waals surface area contributed by atoms with Crippen LogP contribution >= 0.6 is 0 Å². The summed E-state index contributed by atoms with van der Waals surface area (Å²) in [6.07, 6.45) is 6.16. The maximum absolute atomic E-state index is 13.4. The Morgan fingerprint density at radius 3 is 2.77 bits per heavy atom. The Morgan fingerprint density at radius 2 is 2.03 bits per heavy atom. The summed E-state index contributed by atoms with van der Waals surface area (Å²) in [5.41, 5.74) is 2.06. The van der Waals surface area contributed by atoms with Gasteiger partial charge in [-0.05, 0) is 17.7 Å². The van der Waals surface area contributed by atoms with Crippen molar-refractivity contribution in [1.82, 2.24) is 30.2 Å². The number of H-pyrrole nitrogens is 1. The fourth-order valence-electron chi connectivity index (χ4n) is 4.56. The number of fused-ring (bicyclic) bond motifs is 2. The lowest BCUT2D eigenvalue weighted by Crippen LogP contribution is -2.53. The van der Waals surface area contributed by atoms with E-state index in [1.54, 1.807) is 18.5 Å². The van der Waals surface area contributed by atoms with Crippen LogP contribution < -0.4 is 10.2 Å². The molecule has 4 aromatic heterocycles. The molecule has 1 aliphatic carbocycles. The lowest BCUT2D eigenvalue weighted by atomic mass is 9.97. The highest BCUT2D eigenvalue weighted by atomic mass is 19.4. The number of hydrogen-bond donors (Lipinski definition) is 3. The minimum Gasteiger partial charge on any atom is -0.394 e. The van der Waals surface area contributed by atoms with E-state index in [0.29, 0.717) is 36.5 Å². The summed E-state index contributed by atoms with van der Waals surface area (Å²) in [7, 11) is 0. The van der Waals surface area contributed by atoms with Crippen LogP contribution in [0.3, 0.4) is 0 Å². The first-order valence-corrected chi connectivity index (χ1v) is 11.1. The van der Waals surface area contributed by atoms with Gasteiger partial charge in [0.15, 0.2) is 5.82 Å². The van der Waals surface area contributed by atoms with Crippen molar-refractivity contribution in [3.63, 3.8) is 0 Å². The van der Waals surface area contributed by atoms with Gasteiger partial charge in [-0.2, -0.15) is 13.2 Å². The van der Waals surface area contributed by atoms with Gasteiger partial charge in [-0.1, -0.05) is 18.2 Å². The Kier molecular flexibility index (Phi) is 5.04. The summed E-state index contributed by atoms with van der Waals surface area (Å²) in [6, 6.07) is 2.42. The third-order valence-corrected chi connectivity index (χ3v) is 6.36. The molecule has 1 aliphatic heterocycles. The Hall–Kier alpha value is -3.83. The Bertz CT molecular complexity index is 1510. The normalized spacial score (nSPS) is 18.2. The molecule has 0 unspecified atom stereocenters. The second-order valence-corrected chi connectivity index (χ2v) is 8.47. The molecule has 1 fully saturated rings. The summed E-state index contributed by atoms with van der Waals surface area (Å²) in [6.45, 7) is 1.80. The quantitative estimate of drug-likeness (QED) is 0.413. The number of pyridine rings is 2. The summed E-state index contributed by atoms with van der Waals surface area (Å²) >= 11 is 0. The number of nitrogens with one attached hydrogen (secondary N) is 2. The number of halogens is 3. The van der Waals surface area contributed by atoms with Gasteiger partial charge in [0.1, 0.15) is 17.2 Å².